The number of benzene rings is 2. The van der Waals surface area contributed by atoms with Crippen molar-refractivity contribution in [3.63, 3.8) is 0 Å². The predicted molar refractivity (Wildman–Crippen MR) is 127 cm³/mol. The summed E-state index contributed by atoms with van der Waals surface area (Å²) in [6, 6.07) is 10.4. The number of amides is 1. The molecule has 180 valence electrons. The Balaban J connectivity index is 2.04. The van der Waals surface area contributed by atoms with Crippen LogP contribution in [-0.4, -0.2) is 50.9 Å². The van der Waals surface area contributed by atoms with E-state index in [1.165, 1.54) is 18.2 Å². The number of esters is 1. The van der Waals surface area contributed by atoms with Crippen molar-refractivity contribution in [3.8, 4) is 5.75 Å². The Morgan fingerprint density at radius 3 is 2.33 bits per heavy atom. The molecule has 1 N–H and O–H groups in total. The van der Waals surface area contributed by atoms with Gasteiger partial charge in [0.2, 0.25) is 15.9 Å². The van der Waals surface area contributed by atoms with E-state index < -0.39 is 21.9 Å². The summed E-state index contributed by atoms with van der Waals surface area (Å²) in [5, 5.41) is 2.82. The normalized spacial score (nSPS) is 11.3. The van der Waals surface area contributed by atoms with E-state index in [1.807, 2.05) is 6.92 Å². The highest BCUT2D eigenvalue weighted by Crippen LogP contribution is 2.28. The molecule has 0 aliphatic rings. The van der Waals surface area contributed by atoms with Gasteiger partial charge in [0.05, 0.1) is 35.2 Å². The van der Waals surface area contributed by atoms with Gasteiger partial charge in [-0.3, -0.25) is 4.79 Å². The van der Waals surface area contributed by atoms with Crippen LogP contribution in [0.5, 0.6) is 5.75 Å². The average molecular weight is 497 g/mol. The molecule has 0 aliphatic carbocycles. The fourth-order valence-electron chi connectivity index (χ4n) is 2.87. The summed E-state index contributed by atoms with van der Waals surface area (Å²) >= 11 is 6.13. The lowest BCUT2D eigenvalue weighted by molar-refractivity contribution is -0.116. The number of hydrogen-bond donors (Lipinski definition) is 1. The summed E-state index contributed by atoms with van der Waals surface area (Å²) in [4.78, 5) is 24.4. The Labute approximate surface area is 199 Å². The maximum absolute atomic E-state index is 13.0. The molecule has 0 aromatic heterocycles. The molecule has 0 radical (unpaired) electrons. The topological polar surface area (TPSA) is 102 Å². The van der Waals surface area contributed by atoms with Crippen molar-refractivity contribution in [2.45, 2.75) is 38.5 Å². The van der Waals surface area contributed by atoms with Crippen molar-refractivity contribution in [2.75, 3.05) is 31.6 Å². The number of rotatable bonds is 12. The number of sulfonamides is 1. The largest absolute Gasteiger partial charge is 0.492 e. The number of unbranched alkanes of at least 4 members (excludes halogenated alkanes) is 1. The molecule has 0 heterocycles. The van der Waals surface area contributed by atoms with Crippen molar-refractivity contribution >= 4 is 39.2 Å². The van der Waals surface area contributed by atoms with Crippen LogP contribution < -0.4 is 10.1 Å². The third kappa shape index (κ3) is 7.45. The third-order valence-corrected chi connectivity index (χ3v) is 6.86. The number of nitrogens with zero attached hydrogens (tertiary/aromatic N) is 1. The Morgan fingerprint density at radius 1 is 1.06 bits per heavy atom. The van der Waals surface area contributed by atoms with Crippen LogP contribution in [-0.2, 0) is 19.6 Å². The van der Waals surface area contributed by atoms with E-state index in [-0.39, 0.29) is 23.0 Å². The van der Waals surface area contributed by atoms with E-state index in [1.54, 1.807) is 38.1 Å². The molecular formula is C23H29ClN2O6S. The van der Waals surface area contributed by atoms with E-state index in [0.717, 1.165) is 17.1 Å². The molecule has 0 saturated heterocycles. The Kier molecular flexibility index (Phi) is 10.1. The van der Waals surface area contributed by atoms with Gasteiger partial charge in [0.25, 0.3) is 0 Å². The fourth-order valence-corrected chi connectivity index (χ4v) is 4.61. The van der Waals surface area contributed by atoms with Crippen molar-refractivity contribution in [2.24, 2.45) is 0 Å². The van der Waals surface area contributed by atoms with Crippen LogP contribution in [0.1, 0.15) is 44.0 Å². The van der Waals surface area contributed by atoms with Crippen molar-refractivity contribution in [1.82, 2.24) is 4.31 Å². The lowest BCUT2D eigenvalue weighted by atomic mass is 10.2. The summed E-state index contributed by atoms with van der Waals surface area (Å²) in [5.41, 5.74) is 0.803. The molecule has 2 aromatic rings. The summed E-state index contributed by atoms with van der Waals surface area (Å²) in [6.07, 6.45) is 1.72. The fraction of sp³-hybridized carbons (Fsp3) is 0.391. The van der Waals surface area contributed by atoms with Crippen LogP contribution in [0.15, 0.2) is 47.4 Å². The van der Waals surface area contributed by atoms with Crippen molar-refractivity contribution in [3.05, 3.63) is 53.1 Å². The van der Waals surface area contributed by atoms with Gasteiger partial charge in [0.1, 0.15) is 5.75 Å². The van der Waals surface area contributed by atoms with Crippen LogP contribution in [0.2, 0.25) is 5.02 Å². The van der Waals surface area contributed by atoms with Gasteiger partial charge < -0.3 is 14.8 Å². The molecule has 2 rings (SSSR count). The first-order valence-corrected chi connectivity index (χ1v) is 12.5. The minimum atomic E-state index is -3.95. The van der Waals surface area contributed by atoms with Gasteiger partial charge >= 0.3 is 5.97 Å². The number of nitrogens with one attached hydrogen (secondary N) is 1. The van der Waals surface area contributed by atoms with Crippen LogP contribution in [0.25, 0.3) is 0 Å². The lowest BCUT2D eigenvalue weighted by Crippen LogP contribution is -2.37. The molecule has 10 heteroatoms. The molecule has 0 fully saturated rings. The highest BCUT2D eigenvalue weighted by atomic mass is 35.5. The van der Waals surface area contributed by atoms with Crippen molar-refractivity contribution < 1.29 is 27.5 Å². The highest BCUT2D eigenvalue weighted by molar-refractivity contribution is 7.89. The molecule has 8 nitrogen and oxygen atoms in total. The second-order valence-corrected chi connectivity index (χ2v) is 9.42. The second-order valence-electron chi connectivity index (χ2n) is 7.07. The molecule has 0 spiro atoms. The predicted octanol–water partition coefficient (Wildman–Crippen LogP) is 4.34. The molecule has 0 bridgehead atoms. The first kappa shape index (κ1) is 26.6. The van der Waals surface area contributed by atoms with Crippen molar-refractivity contribution in [1.29, 1.82) is 0 Å². The quantitative estimate of drug-likeness (QED) is 0.346. The molecule has 33 heavy (non-hydrogen) atoms. The zero-order chi connectivity index (χ0) is 24.4. The van der Waals surface area contributed by atoms with E-state index in [9.17, 15) is 18.0 Å². The molecule has 1 amide bonds. The molecule has 0 aliphatic heterocycles. The Bertz CT molecular complexity index is 1060. The van der Waals surface area contributed by atoms with E-state index in [2.05, 4.69) is 5.32 Å². The summed E-state index contributed by atoms with van der Waals surface area (Å²) in [6.45, 7) is 5.89. The van der Waals surface area contributed by atoms with Gasteiger partial charge in [-0.15, -0.1) is 0 Å². The summed E-state index contributed by atoms with van der Waals surface area (Å²) < 4.78 is 37.5. The first-order chi connectivity index (χ1) is 15.7. The number of ether oxygens (including phenoxy) is 2. The van der Waals surface area contributed by atoms with E-state index in [4.69, 9.17) is 21.1 Å². The first-order valence-electron chi connectivity index (χ1n) is 10.7. The summed E-state index contributed by atoms with van der Waals surface area (Å²) in [5.74, 6) is -0.564. The molecule has 0 atom stereocenters. The average Bonchev–Trinajstić information content (AvgIpc) is 2.79. The second kappa shape index (κ2) is 12.6. The highest BCUT2D eigenvalue weighted by Gasteiger charge is 2.26. The number of likely N-dealkylation sites (N-methyl/N-ethyl adjacent to an activating group) is 1. The lowest BCUT2D eigenvalue weighted by Gasteiger charge is -2.20. The minimum absolute atomic E-state index is 0.0310. The van der Waals surface area contributed by atoms with E-state index in [0.29, 0.717) is 30.2 Å². The van der Waals surface area contributed by atoms with Gasteiger partial charge in [-0.25, -0.2) is 13.2 Å². The standard InChI is InChI=1S/C23H29ClN2O6S/c1-4-7-14-32-23(28)17-8-10-18(11-9-17)25-22(27)16-26(5-2)33(29,30)19-12-13-21(31-6-3)20(24)15-19/h8-13,15H,4-7,14,16H2,1-3H3,(H,25,27). The summed E-state index contributed by atoms with van der Waals surface area (Å²) in [7, 11) is -3.95. The number of carbonyl (C=O) groups excluding carboxylic acids is 2. The maximum Gasteiger partial charge on any atom is 0.338 e. The monoisotopic (exact) mass is 496 g/mol. The van der Waals surface area contributed by atoms with Gasteiger partial charge in [-0.1, -0.05) is 31.9 Å². The van der Waals surface area contributed by atoms with Gasteiger partial charge in [-0.2, -0.15) is 4.31 Å². The molecule has 2 aromatic carbocycles. The molecule has 0 unspecified atom stereocenters. The van der Waals surface area contributed by atoms with Gasteiger partial charge in [-0.05, 0) is 55.8 Å². The van der Waals surface area contributed by atoms with Crippen LogP contribution in [0.3, 0.4) is 0 Å². The minimum Gasteiger partial charge on any atom is -0.492 e. The van der Waals surface area contributed by atoms with Crippen LogP contribution >= 0.6 is 11.6 Å². The van der Waals surface area contributed by atoms with Gasteiger partial charge in [0, 0.05) is 12.2 Å². The smallest absolute Gasteiger partial charge is 0.338 e. The Hall–Kier alpha value is -2.62. The molecular weight excluding hydrogens is 468 g/mol. The Morgan fingerprint density at radius 2 is 1.76 bits per heavy atom. The van der Waals surface area contributed by atoms with Crippen LogP contribution in [0, 0.1) is 0 Å². The van der Waals surface area contributed by atoms with E-state index >= 15 is 0 Å². The van der Waals surface area contributed by atoms with Gasteiger partial charge in [0.15, 0.2) is 0 Å². The SMILES string of the molecule is CCCCOC(=O)c1ccc(NC(=O)CN(CC)S(=O)(=O)c2ccc(OCC)c(Cl)c2)cc1. The number of halogens is 1. The zero-order valence-electron chi connectivity index (χ0n) is 19.0. The third-order valence-electron chi connectivity index (χ3n) is 4.65. The maximum atomic E-state index is 13.0. The number of anilines is 1. The number of hydrogen-bond acceptors (Lipinski definition) is 6. The number of carbonyl (C=O) groups is 2. The molecule has 0 saturated carbocycles. The van der Waals surface area contributed by atoms with Crippen LogP contribution in [0.4, 0.5) is 5.69 Å². The zero-order valence-corrected chi connectivity index (χ0v) is 20.5.